The van der Waals surface area contributed by atoms with E-state index in [-0.39, 0.29) is 43.1 Å². The van der Waals surface area contributed by atoms with E-state index in [2.05, 4.69) is 10.6 Å². The van der Waals surface area contributed by atoms with Gasteiger partial charge in [-0.05, 0) is 29.1 Å². The van der Waals surface area contributed by atoms with Crippen LogP contribution in [0.4, 0.5) is 13.2 Å². The summed E-state index contributed by atoms with van der Waals surface area (Å²) in [6.45, 7) is 8.85. The second-order valence-corrected chi connectivity index (χ2v) is 11.9. The lowest BCUT2D eigenvalue weighted by atomic mass is 9.85. The van der Waals surface area contributed by atoms with Gasteiger partial charge in [-0.3, -0.25) is 19.2 Å². The first-order valence-corrected chi connectivity index (χ1v) is 12.2. The zero-order valence-corrected chi connectivity index (χ0v) is 21.5. The summed E-state index contributed by atoms with van der Waals surface area (Å²) in [6, 6.07) is -1.16. The highest BCUT2D eigenvalue weighted by Crippen LogP contribution is 2.65. The minimum absolute atomic E-state index is 0.00552. The zero-order valence-electron chi connectivity index (χ0n) is 21.5. The molecule has 1 saturated carbocycles. The molecule has 0 bridgehead atoms. The zero-order chi connectivity index (χ0) is 28.1. The van der Waals surface area contributed by atoms with Crippen molar-refractivity contribution in [3.63, 3.8) is 0 Å². The van der Waals surface area contributed by atoms with Crippen LogP contribution in [-0.2, 0) is 19.2 Å². The van der Waals surface area contributed by atoms with Gasteiger partial charge in [-0.25, -0.2) is 0 Å². The molecular weight excluding hydrogens is 495 g/mol. The predicted molar refractivity (Wildman–Crippen MR) is 123 cm³/mol. The van der Waals surface area contributed by atoms with Crippen molar-refractivity contribution >= 4 is 23.6 Å². The maximum absolute atomic E-state index is 13.5. The van der Waals surface area contributed by atoms with E-state index in [1.807, 2.05) is 25.2 Å². The molecule has 37 heavy (non-hydrogen) atoms. The van der Waals surface area contributed by atoms with Crippen LogP contribution in [-0.4, -0.2) is 70.7 Å². The molecule has 0 aromatic rings. The molecule has 13 heteroatoms. The highest BCUT2D eigenvalue weighted by molar-refractivity contribution is 5.91. The van der Waals surface area contributed by atoms with Crippen LogP contribution in [0.1, 0.15) is 53.9 Å². The molecule has 3 rings (SSSR count). The Morgan fingerprint density at radius 2 is 1.86 bits per heavy atom. The maximum Gasteiger partial charge on any atom is 0.471 e. The van der Waals surface area contributed by atoms with Crippen molar-refractivity contribution in [1.29, 1.82) is 5.26 Å². The van der Waals surface area contributed by atoms with Gasteiger partial charge in [-0.15, -0.1) is 0 Å². The Labute approximate surface area is 213 Å². The molecule has 7 atom stereocenters. The smallest absolute Gasteiger partial charge is 0.374 e. The van der Waals surface area contributed by atoms with Crippen LogP contribution in [0.5, 0.6) is 0 Å². The number of hydrogen-bond acceptors (Lipinski definition) is 6. The van der Waals surface area contributed by atoms with Crippen LogP contribution in [0.2, 0.25) is 0 Å². The normalized spacial score (nSPS) is 30.0. The second kappa shape index (κ2) is 9.78. The molecule has 2 saturated heterocycles. The SMILES string of the molecule is CC(C)(C)[C@H](NC(=O)C(F)(F)F)C(=O)N1C[C@H]2[C@@H]([C@H]1CC(=O)N[C@H](C#N)C[C@@H]1CC(O)NC1=O)C2(C)C. The Balaban J connectivity index is 1.73. The Morgan fingerprint density at radius 1 is 1.24 bits per heavy atom. The summed E-state index contributed by atoms with van der Waals surface area (Å²) in [7, 11) is 0. The second-order valence-electron chi connectivity index (χ2n) is 11.9. The third kappa shape index (κ3) is 6.00. The average molecular weight is 530 g/mol. The molecule has 0 radical (unpaired) electrons. The van der Waals surface area contributed by atoms with E-state index in [4.69, 9.17) is 0 Å². The number of nitrogens with one attached hydrogen (secondary N) is 3. The van der Waals surface area contributed by atoms with Gasteiger partial charge in [0.2, 0.25) is 17.7 Å². The minimum Gasteiger partial charge on any atom is -0.374 e. The average Bonchev–Trinajstić information content (AvgIpc) is 3.01. The number of aliphatic hydroxyl groups is 1. The van der Waals surface area contributed by atoms with Crippen molar-refractivity contribution in [2.75, 3.05) is 6.54 Å². The number of piperidine rings is 1. The fraction of sp³-hybridized carbons (Fsp3) is 0.792. The van der Waals surface area contributed by atoms with Gasteiger partial charge in [0.1, 0.15) is 18.3 Å². The van der Waals surface area contributed by atoms with Crippen LogP contribution in [0, 0.1) is 39.9 Å². The summed E-state index contributed by atoms with van der Waals surface area (Å²) in [5.74, 6) is -4.52. The highest BCUT2D eigenvalue weighted by Gasteiger charge is 2.68. The number of amides is 4. The predicted octanol–water partition coefficient (Wildman–Crippen LogP) is 0.806. The van der Waals surface area contributed by atoms with Gasteiger partial charge in [0.25, 0.3) is 0 Å². The molecule has 4 amide bonds. The van der Waals surface area contributed by atoms with Gasteiger partial charge in [0.05, 0.1) is 6.07 Å². The lowest BCUT2D eigenvalue weighted by Crippen LogP contribution is -2.59. The standard InChI is InChI=1S/C24H34F3N5O5/c1-22(2,3)18(31-21(37)24(25,26)27)20(36)32-10-13-17(23(13,4)5)14(32)8-16(34)29-12(9-28)6-11-7-15(33)30-19(11)35/h11-15,17-18,33H,6-8,10H2,1-5H3,(H,29,34)(H,30,35)(H,31,37)/t11-,12+,13+,14-,15?,17+,18-/m1/s1. The topological polar surface area (TPSA) is 152 Å². The maximum atomic E-state index is 13.5. The Kier molecular flexibility index (Phi) is 7.58. The number of alkyl halides is 3. The largest absolute Gasteiger partial charge is 0.471 e. The quantitative estimate of drug-likeness (QED) is 0.383. The first-order valence-electron chi connectivity index (χ1n) is 12.2. The summed E-state index contributed by atoms with van der Waals surface area (Å²) >= 11 is 0. The number of carbonyl (C=O) groups excluding carboxylic acids is 4. The van der Waals surface area contributed by atoms with Crippen LogP contribution in [0.25, 0.3) is 0 Å². The number of likely N-dealkylation sites (tertiary alicyclic amines) is 1. The van der Waals surface area contributed by atoms with E-state index in [1.165, 1.54) is 4.90 Å². The molecule has 206 valence electrons. The van der Waals surface area contributed by atoms with Crippen LogP contribution in [0.3, 0.4) is 0 Å². The van der Waals surface area contributed by atoms with Crippen molar-refractivity contribution < 1.29 is 37.5 Å². The molecule has 10 nitrogen and oxygen atoms in total. The number of aliphatic hydroxyl groups excluding tert-OH is 1. The first kappa shape index (κ1) is 28.7. The molecule has 0 spiro atoms. The van der Waals surface area contributed by atoms with E-state index < -0.39 is 65.5 Å². The van der Waals surface area contributed by atoms with E-state index in [0.717, 1.165) is 0 Å². The van der Waals surface area contributed by atoms with Crippen molar-refractivity contribution in [2.45, 2.75) is 84.4 Å². The van der Waals surface area contributed by atoms with E-state index >= 15 is 0 Å². The molecule has 3 aliphatic rings. The molecule has 1 aliphatic carbocycles. The molecule has 0 aromatic carbocycles. The van der Waals surface area contributed by atoms with Gasteiger partial charge in [-0.1, -0.05) is 34.6 Å². The van der Waals surface area contributed by atoms with Crippen LogP contribution >= 0.6 is 0 Å². The third-order valence-electron chi connectivity index (χ3n) is 7.87. The van der Waals surface area contributed by atoms with Crippen LogP contribution < -0.4 is 16.0 Å². The molecule has 4 N–H and O–H groups in total. The van der Waals surface area contributed by atoms with E-state index in [9.17, 15) is 42.7 Å². The van der Waals surface area contributed by atoms with Gasteiger partial charge in [0, 0.05) is 31.3 Å². The van der Waals surface area contributed by atoms with Gasteiger partial charge < -0.3 is 26.0 Å². The summed E-state index contributed by atoms with van der Waals surface area (Å²) in [4.78, 5) is 51.4. The Hall–Kier alpha value is -2.88. The fourth-order valence-electron chi connectivity index (χ4n) is 5.75. The van der Waals surface area contributed by atoms with Gasteiger partial charge in [0.15, 0.2) is 0 Å². The molecule has 2 heterocycles. The summed E-state index contributed by atoms with van der Waals surface area (Å²) in [5, 5.41) is 25.8. The minimum atomic E-state index is -5.16. The number of hydrogen-bond donors (Lipinski definition) is 4. The molecule has 3 fully saturated rings. The highest BCUT2D eigenvalue weighted by atomic mass is 19.4. The summed E-state index contributed by atoms with van der Waals surface area (Å²) in [6.07, 6.45) is -6.22. The molecular formula is C24H34F3N5O5. The van der Waals surface area contributed by atoms with Gasteiger partial charge >= 0.3 is 12.1 Å². The third-order valence-corrected chi connectivity index (χ3v) is 7.87. The fourth-order valence-corrected chi connectivity index (χ4v) is 5.75. The lowest BCUT2D eigenvalue weighted by Gasteiger charge is -2.38. The number of carbonyl (C=O) groups is 4. The number of rotatable bonds is 7. The van der Waals surface area contributed by atoms with E-state index in [1.54, 1.807) is 20.8 Å². The van der Waals surface area contributed by atoms with Gasteiger partial charge in [-0.2, -0.15) is 18.4 Å². The number of nitrogens with zero attached hydrogens (tertiary/aromatic N) is 2. The van der Waals surface area contributed by atoms with Crippen molar-refractivity contribution in [3.05, 3.63) is 0 Å². The number of nitriles is 1. The molecule has 1 unspecified atom stereocenters. The van der Waals surface area contributed by atoms with Crippen molar-refractivity contribution in [2.24, 2.45) is 28.6 Å². The summed E-state index contributed by atoms with van der Waals surface area (Å²) < 4.78 is 38.8. The van der Waals surface area contributed by atoms with E-state index in [0.29, 0.717) is 0 Å². The first-order chi connectivity index (χ1) is 16.9. The monoisotopic (exact) mass is 529 g/mol. The Morgan fingerprint density at radius 3 is 2.35 bits per heavy atom. The van der Waals surface area contributed by atoms with Crippen molar-refractivity contribution in [1.82, 2.24) is 20.9 Å². The molecule has 2 aliphatic heterocycles. The molecule has 0 aromatic heterocycles. The lowest BCUT2D eigenvalue weighted by molar-refractivity contribution is -0.176. The Bertz CT molecular complexity index is 1000. The number of halogens is 3. The summed E-state index contributed by atoms with van der Waals surface area (Å²) in [5.41, 5.74) is -1.22. The number of fused-ring (bicyclic) bond motifs is 1. The van der Waals surface area contributed by atoms with Crippen molar-refractivity contribution in [3.8, 4) is 6.07 Å². The van der Waals surface area contributed by atoms with Crippen LogP contribution in [0.15, 0.2) is 0 Å².